The Morgan fingerprint density at radius 3 is 2.57 bits per heavy atom. The highest BCUT2D eigenvalue weighted by Crippen LogP contribution is 2.24. The molecule has 1 aromatic carbocycles. The predicted octanol–water partition coefficient (Wildman–Crippen LogP) is 0.772. The number of hydrogen-bond donors (Lipinski definition) is 2. The van der Waals surface area contributed by atoms with E-state index in [1.54, 1.807) is 12.1 Å². The summed E-state index contributed by atoms with van der Waals surface area (Å²) < 4.78 is 32.4. The van der Waals surface area contributed by atoms with Crippen LogP contribution in [0.15, 0.2) is 23.1 Å². The lowest BCUT2D eigenvalue weighted by Gasteiger charge is -2.21. The van der Waals surface area contributed by atoms with E-state index in [-0.39, 0.29) is 4.90 Å². The van der Waals surface area contributed by atoms with Gasteiger partial charge in [-0.2, -0.15) is 0 Å². The standard InChI is InChI=1S/C14H25N3O3S/c1-11(2)17(3)8-7-16-21(18,19)14-6-5-12(10-15)9-13(14)20-4/h5-6,9,11,16H,7-8,10,15H2,1-4H3. The number of nitrogens with one attached hydrogen (secondary N) is 1. The van der Waals surface area contributed by atoms with Gasteiger partial charge in [-0.3, -0.25) is 0 Å². The van der Waals surface area contributed by atoms with Crippen LogP contribution in [-0.2, 0) is 16.6 Å². The molecule has 0 fully saturated rings. The van der Waals surface area contributed by atoms with Crippen LogP contribution in [0, 0.1) is 0 Å². The second kappa shape index (κ2) is 7.74. The molecule has 0 atom stereocenters. The zero-order chi connectivity index (χ0) is 16.0. The minimum Gasteiger partial charge on any atom is -0.495 e. The van der Waals surface area contributed by atoms with E-state index >= 15 is 0 Å². The number of nitrogens with zero attached hydrogens (tertiary/aromatic N) is 1. The molecule has 0 aliphatic carbocycles. The van der Waals surface area contributed by atoms with Gasteiger partial charge in [-0.25, -0.2) is 13.1 Å². The van der Waals surface area contributed by atoms with Crippen LogP contribution in [-0.4, -0.2) is 46.6 Å². The van der Waals surface area contributed by atoms with Gasteiger partial charge in [0.05, 0.1) is 7.11 Å². The molecule has 0 aromatic heterocycles. The highest BCUT2D eigenvalue weighted by Gasteiger charge is 2.19. The number of benzene rings is 1. The summed E-state index contributed by atoms with van der Waals surface area (Å²) in [7, 11) is -0.192. The molecule has 0 saturated heterocycles. The molecule has 0 amide bonds. The summed E-state index contributed by atoms with van der Waals surface area (Å²) in [5.41, 5.74) is 6.37. The molecule has 0 spiro atoms. The molecule has 6 nitrogen and oxygen atoms in total. The molecule has 7 heteroatoms. The normalized spacial score (nSPS) is 12.1. The lowest BCUT2D eigenvalue weighted by Crippen LogP contribution is -2.36. The van der Waals surface area contributed by atoms with Gasteiger partial charge in [0, 0.05) is 25.7 Å². The topological polar surface area (TPSA) is 84.7 Å². The molecule has 0 bridgehead atoms. The summed E-state index contributed by atoms with van der Waals surface area (Å²) in [5, 5.41) is 0. The number of ether oxygens (including phenoxy) is 1. The van der Waals surface area contributed by atoms with E-state index in [1.807, 2.05) is 7.05 Å². The smallest absolute Gasteiger partial charge is 0.244 e. The zero-order valence-electron chi connectivity index (χ0n) is 13.1. The molecule has 0 unspecified atom stereocenters. The van der Waals surface area contributed by atoms with Gasteiger partial charge < -0.3 is 15.4 Å². The van der Waals surface area contributed by atoms with Crippen molar-refractivity contribution in [1.29, 1.82) is 0 Å². The van der Waals surface area contributed by atoms with Crippen LogP contribution in [0.3, 0.4) is 0 Å². The summed E-state index contributed by atoms with van der Waals surface area (Å²) in [6.07, 6.45) is 0. The monoisotopic (exact) mass is 315 g/mol. The van der Waals surface area contributed by atoms with Crippen LogP contribution in [0.5, 0.6) is 5.75 Å². The minimum absolute atomic E-state index is 0.134. The maximum Gasteiger partial charge on any atom is 0.244 e. The first kappa shape index (κ1) is 17.9. The van der Waals surface area contributed by atoms with Crippen LogP contribution in [0.25, 0.3) is 0 Å². The number of likely N-dealkylation sites (N-methyl/N-ethyl adjacent to an activating group) is 1. The van der Waals surface area contributed by atoms with Crippen molar-refractivity contribution in [2.75, 3.05) is 27.2 Å². The van der Waals surface area contributed by atoms with E-state index in [4.69, 9.17) is 10.5 Å². The average Bonchev–Trinajstić information content (AvgIpc) is 2.45. The van der Waals surface area contributed by atoms with Gasteiger partial charge in [0.15, 0.2) is 0 Å². The van der Waals surface area contributed by atoms with Crippen LogP contribution >= 0.6 is 0 Å². The lowest BCUT2D eigenvalue weighted by molar-refractivity contribution is 0.278. The molecule has 0 aliphatic rings. The highest BCUT2D eigenvalue weighted by atomic mass is 32.2. The first-order chi connectivity index (χ1) is 9.81. The number of hydrogen-bond acceptors (Lipinski definition) is 5. The van der Waals surface area contributed by atoms with Crippen molar-refractivity contribution in [3.05, 3.63) is 23.8 Å². The first-order valence-corrected chi connectivity index (χ1v) is 8.37. The van der Waals surface area contributed by atoms with Crippen molar-refractivity contribution in [3.63, 3.8) is 0 Å². The molecule has 0 heterocycles. The van der Waals surface area contributed by atoms with Crippen molar-refractivity contribution < 1.29 is 13.2 Å². The fourth-order valence-electron chi connectivity index (χ4n) is 1.75. The van der Waals surface area contributed by atoms with Gasteiger partial charge in [0.25, 0.3) is 0 Å². The van der Waals surface area contributed by atoms with Crippen molar-refractivity contribution in [2.24, 2.45) is 5.73 Å². The van der Waals surface area contributed by atoms with Crippen molar-refractivity contribution >= 4 is 10.0 Å². The van der Waals surface area contributed by atoms with Crippen LogP contribution in [0.4, 0.5) is 0 Å². The summed E-state index contributed by atoms with van der Waals surface area (Å²) in [6.45, 7) is 5.44. The third kappa shape index (κ3) is 4.96. The van der Waals surface area contributed by atoms with E-state index < -0.39 is 10.0 Å². The molecule has 0 radical (unpaired) electrons. The molecule has 3 N–H and O–H groups in total. The SMILES string of the molecule is COc1cc(CN)ccc1S(=O)(=O)NCCN(C)C(C)C. The van der Waals surface area contributed by atoms with Gasteiger partial charge in [-0.1, -0.05) is 6.07 Å². The fourth-order valence-corrected chi connectivity index (χ4v) is 2.92. The maximum atomic E-state index is 12.3. The number of rotatable bonds is 8. The van der Waals surface area contributed by atoms with Crippen molar-refractivity contribution in [3.8, 4) is 5.75 Å². The van der Waals surface area contributed by atoms with Gasteiger partial charge >= 0.3 is 0 Å². The maximum absolute atomic E-state index is 12.3. The third-order valence-electron chi connectivity index (χ3n) is 3.39. The van der Waals surface area contributed by atoms with Crippen LogP contribution < -0.4 is 15.2 Å². The largest absolute Gasteiger partial charge is 0.495 e. The minimum atomic E-state index is -3.59. The van der Waals surface area contributed by atoms with Crippen LogP contribution in [0.1, 0.15) is 19.4 Å². The summed E-state index contributed by atoms with van der Waals surface area (Å²) in [6, 6.07) is 5.23. The van der Waals surface area contributed by atoms with Gasteiger partial charge in [-0.05, 0) is 38.6 Å². The Balaban J connectivity index is 2.83. The number of methoxy groups -OCH3 is 1. The Morgan fingerprint density at radius 1 is 1.38 bits per heavy atom. The Morgan fingerprint density at radius 2 is 2.05 bits per heavy atom. The molecule has 120 valence electrons. The van der Waals surface area contributed by atoms with Gasteiger partial charge in [-0.15, -0.1) is 0 Å². The number of sulfonamides is 1. The summed E-state index contributed by atoms with van der Waals surface area (Å²) >= 11 is 0. The van der Waals surface area contributed by atoms with E-state index in [1.165, 1.54) is 13.2 Å². The van der Waals surface area contributed by atoms with Crippen molar-refractivity contribution in [2.45, 2.75) is 31.3 Å². The van der Waals surface area contributed by atoms with E-state index in [0.717, 1.165) is 5.56 Å². The molecule has 1 aromatic rings. The molecular formula is C14H25N3O3S. The molecule has 0 aliphatic heterocycles. The van der Waals surface area contributed by atoms with E-state index in [0.29, 0.717) is 31.4 Å². The predicted molar refractivity (Wildman–Crippen MR) is 83.8 cm³/mol. The summed E-state index contributed by atoms with van der Waals surface area (Å²) in [5.74, 6) is 0.308. The van der Waals surface area contributed by atoms with Gasteiger partial charge in [0.2, 0.25) is 10.0 Å². The molecule has 1 rings (SSSR count). The van der Waals surface area contributed by atoms with Gasteiger partial charge in [0.1, 0.15) is 10.6 Å². The second-order valence-corrected chi connectivity index (χ2v) is 6.90. The fraction of sp³-hybridized carbons (Fsp3) is 0.571. The quantitative estimate of drug-likeness (QED) is 0.740. The van der Waals surface area contributed by atoms with E-state index in [2.05, 4.69) is 23.5 Å². The molecule has 21 heavy (non-hydrogen) atoms. The van der Waals surface area contributed by atoms with E-state index in [9.17, 15) is 8.42 Å². The number of nitrogens with two attached hydrogens (primary N) is 1. The van der Waals surface area contributed by atoms with Crippen LogP contribution in [0.2, 0.25) is 0 Å². The second-order valence-electron chi connectivity index (χ2n) is 5.16. The van der Waals surface area contributed by atoms with Crippen molar-refractivity contribution in [1.82, 2.24) is 9.62 Å². The molecular weight excluding hydrogens is 290 g/mol. The Kier molecular flexibility index (Phi) is 6.60. The zero-order valence-corrected chi connectivity index (χ0v) is 13.9. The average molecular weight is 315 g/mol. The Bertz CT molecular complexity index is 559. The Hall–Kier alpha value is -1.15. The highest BCUT2D eigenvalue weighted by molar-refractivity contribution is 7.89. The lowest BCUT2D eigenvalue weighted by atomic mass is 10.2. The first-order valence-electron chi connectivity index (χ1n) is 6.88. The Labute approximate surface area is 127 Å². The summed E-state index contributed by atoms with van der Waals surface area (Å²) in [4.78, 5) is 2.20. The molecule has 0 saturated carbocycles. The third-order valence-corrected chi connectivity index (χ3v) is 4.89.